The van der Waals surface area contributed by atoms with E-state index in [4.69, 9.17) is 13.9 Å². The van der Waals surface area contributed by atoms with Gasteiger partial charge < -0.3 is 19.2 Å². The number of methoxy groups -OCH3 is 1. The SMILES string of the molecule is COc1cc2c(cc1NC(=O)COC(=O)c1c(C)cc(C)cc1C)oc1ccccc12. The Hall–Kier alpha value is -3.80. The molecule has 6 nitrogen and oxygen atoms in total. The third kappa shape index (κ3) is 3.97. The van der Waals surface area contributed by atoms with Gasteiger partial charge in [-0.1, -0.05) is 35.9 Å². The van der Waals surface area contributed by atoms with Gasteiger partial charge in [-0.25, -0.2) is 4.79 Å². The fourth-order valence-electron chi connectivity index (χ4n) is 3.91. The molecule has 0 radical (unpaired) electrons. The number of carbonyl (C=O) groups is 2. The van der Waals surface area contributed by atoms with Crippen LogP contribution in [0.2, 0.25) is 0 Å². The van der Waals surface area contributed by atoms with E-state index in [0.717, 1.165) is 33.0 Å². The van der Waals surface area contributed by atoms with Crippen molar-refractivity contribution in [1.82, 2.24) is 0 Å². The first-order chi connectivity index (χ1) is 14.9. The number of esters is 1. The summed E-state index contributed by atoms with van der Waals surface area (Å²) in [4.78, 5) is 25.0. The average Bonchev–Trinajstić information content (AvgIpc) is 3.08. The fraction of sp³-hybridized carbons (Fsp3) is 0.200. The standard InChI is InChI=1S/C25H23NO5/c1-14-9-15(2)24(16(3)10-14)25(28)30-13-23(27)26-19-12-21-18(11-22(19)29-4)17-7-5-6-8-20(17)31-21/h5-12H,13H2,1-4H3,(H,26,27). The number of carbonyl (C=O) groups excluding carboxylic acids is 2. The summed E-state index contributed by atoms with van der Waals surface area (Å²) in [7, 11) is 1.53. The molecule has 3 aromatic carbocycles. The average molecular weight is 417 g/mol. The van der Waals surface area contributed by atoms with Crippen LogP contribution in [0, 0.1) is 20.8 Å². The molecule has 0 fully saturated rings. The van der Waals surface area contributed by atoms with Crippen LogP contribution in [-0.2, 0) is 9.53 Å². The van der Waals surface area contributed by atoms with Gasteiger partial charge in [-0.15, -0.1) is 0 Å². The van der Waals surface area contributed by atoms with E-state index in [1.54, 1.807) is 6.07 Å². The number of benzene rings is 3. The lowest BCUT2D eigenvalue weighted by Crippen LogP contribution is -2.22. The molecule has 158 valence electrons. The molecule has 0 spiro atoms. The van der Waals surface area contributed by atoms with Crippen LogP contribution in [0.1, 0.15) is 27.0 Å². The van der Waals surface area contributed by atoms with Gasteiger partial charge in [0, 0.05) is 16.8 Å². The van der Waals surface area contributed by atoms with E-state index in [0.29, 0.717) is 22.6 Å². The first-order valence-electron chi connectivity index (χ1n) is 9.91. The number of fused-ring (bicyclic) bond motifs is 3. The van der Waals surface area contributed by atoms with Crippen LogP contribution in [0.25, 0.3) is 21.9 Å². The number of rotatable bonds is 5. The number of aryl methyl sites for hydroxylation is 3. The summed E-state index contributed by atoms with van der Waals surface area (Å²) >= 11 is 0. The second-order valence-corrected chi connectivity index (χ2v) is 7.54. The number of hydrogen-bond donors (Lipinski definition) is 1. The van der Waals surface area contributed by atoms with Gasteiger partial charge in [-0.3, -0.25) is 4.79 Å². The second kappa shape index (κ2) is 8.14. The summed E-state index contributed by atoms with van der Waals surface area (Å²) in [5.74, 6) is -0.502. The fourth-order valence-corrected chi connectivity index (χ4v) is 3.91. The highest BCUT2D eigenvalue weighted by Crippen LogP contribution is 2.36. The molecule has 0 unspecified atom stereocenters. The highest BCUT2D eigenvalue weighted by atomic mass is 16.5. The van der Waals surface area contributed by atoms with Gasteiger partial charge in [-0.05, 0) is 44.0 Å². The van der Waals surface area contributed by atoms with Crippen LogP contribution in [0.5, 0.6) is 5.75 Å². The maximum atomic E-state index is 12.5. The van der Waals surface area contributed by atoms with Crippen LogP contribution >= 0.6 is 0 Å². The summed E-state index contributed by atoms with van der Waals surface area (Å²) in [6, 6.07) is 15.0. The Balaban J connectivity index is 1.52. The number of ether oxygens (including phenoxy) is 2. The van der Waals surface area contributed by atoms with E-state index in [1.165, 1.54) is 7.11 Å². The Morgan fingerprint density at radius 1 is 0.935 bits per heavy atom. The summed E-state index contributed by atoms with van der Waals surface area (Å²) in [6.07, 6.45) is 0. The first kappa shape index (κ1) is 20.5. The van der Waals surface area contributed by atoms with Crippen molar-refractivity contribution in [3.63, 3.8) is 0 Å². The molecule has 0 bridgehead atoms. The molecular formula is C25H23NO5. The minimum atomic E-state index is -0.523. The van der Waals surface area contributed by atoms with Crippen molar-refractivity contribution in [3.8, 4) is 5.75 Å². The van der Waals surface area contributed by atoms with Crippen LogP contribution in [0.15, 0.2) is 52.9 Å². The normalized spacial score (nSPS) is 11.0. The van der Waals surface area contributed by atoms with Gasteiger partial charge in [0.25, 0.3) is 5.91 Å². The van der Waals surface area contributed by atoms with E-state index in [1.807, 2.05) is 63.2 Å². The maximum Gasteiger partial charge on any atom is 0.339 e. The zero-order valence-electron chi connectivity index (χ0n) is 17.9. The number of nitrogens with one attached hydrogen (secondary N) is 1. The molecule has 0 aliphatic rings. The van der Waals surface area contributed by atoms with E-state index in [9.17, 15) is 9.59 Å². The van der Waals surface area contributed by atoms with Crippen molar-refractivity contribution < 1.29 is 23.5 Å². The molecule has 0 saturated carbocycles. The molecule has 4 rings (SSSR count). The van der Waals surface area contributed by atoms with Crippen LogP contribution in [0.4, 0.5) is 5.69 Å². The number of amides is 1. The Kier molecular flexibility index (Phi) is 5.38. The Morgan fingerprint density at radius 3 is 2.35 bits per heavy atom. The van der Waals surface area contributed by atoms with E-state index < -0.39 is 18.5 Å². The van der Waals surface area contributed by atoms with Gasteiger partial charge in [0.2, 0.25) is 0 Å². The Labute approximate surface area is 179 Å². The molecule has 4 aromatic rings. The highest BCUT2D eigenvalue weighted by molar-refractivity contribution is 6.08. The minimum Gasteiger partial charge on any atom is -0.495 e. The van der Waals surface area contributed by atoms with Crippen LogP contribution in [-0.4, -0.2) is 25.6 Å². The molecular weight excluding hydrogens is 394 g/mol. The Morgan fingerprint density at radius 2 is 1.65 bits per heavy atom. The molecule has 0 saturated heterocycles. The van der Waals surface area contributed by atoms with Crippen LogP contribution in [0.3, 0.4) is 0 Å². The lowest BCUT2D eigenvalue weighted by Gasteiger charge is -2.12. The highest BCUT2D eigenvalue weighted by Gasteiger charge is 2.18. The zero-order valence-corrected chi connectivity index (χ0v) is 17.9. The molecule has 0 aliphatic heterocycles. The van der Waals surface area contributed by atoms with Crippen molar-refractivity contribution in [2.45, 2.75) is 20.8 Å². The van der Waals surface area contributed by atoms with E-state index in [-0.39, 0.29) is 0 Å². The third-order valence-electron chi connectivity index (χ3n) is 5.19. The van der Waals surface area contributed by atoms with Gasteiger partial charge in [-0.2, -0.15) is 0 Å². The molecule has 1 N–H and O–H groups in total. The molecule has 0 atom stereocenters. The smallest absolute Gasteiger partial charge is 0.339 e. The first-order valence-corrected chi connectivity index (χ1v) is 9.91. The Bertz CT molecular complexity index is 1300. The summed E-state index contributed by atoms with van der Waals surface area (Å²) in [6.45, 7) is 5.26. The van der Waals surface area contributed by atoms with Crippen molar-refractivity contribution in [1.29, 1.82) is 0 Å². The summed E-state index contributed by atoms with van der Waals surface area (Å²) in [5.41, 5.74) is 5.01. The lowest BCUT2D eigenvalue weighted by molar-refractivity contribution is -0.119. The number of anilines is 1. The largest absolute Gasteiger partial charge is 0.495 e. The lowest BCUT2D eigenvalue weighted by atomic mass is 10.00. The topological polar surface area (TPSA) is 77.8 Å². The van der Waals surface area contributed by atoms with Crippen molar-refractivity contribution in [2.75, 3.05) is 19.0 Å². The molecule has 1 amide bonds. The van der Waals surface area contributed by atoms with Gasteiger partial charge in [0.15, 0.2) is 6.61 Å². The molecule has 6 heteroatoms. The predicted molar refractivity (Wildman–Crippen MR) is 120 cm³/mol. The minimum absolute atomic E-state index is 0.410. The molecule has 1 aromatic heterocycles. The predicted octanol–water partition coefficient (Wildman–Crippen LogP) is 5.32. The molecule has 0 aliphatic carbocycles. The second-order valence-electron chi connectivity index (χ2n) is 7.54. The number of furan rings is 1. The van der Waals surface area contributed by atoms with Gasteiger partial charge in [0.1, 0.15) is 16.9 Å². The van der Waals surface area contributed by atoms with Gasteiger partial charge in [0.05, 0.1) is 18.4 Å². The monoisotopic (exact) mass is 417 g/mol. The number of hydrogen-bond acceptors (Lipinski definition) is 5. The summed E-state index contributed by atoms with van der Waals surface area (Å²) < 4.78 is 16.6. The molecule has 1 heterocycles. The van der Waals surface area contributed by atoms with Crippen LogP contribution < -0.4 is 10.1 Å². The van der Waals surface area contributed by atoms with E-state index in [2.05, 4.69) is 5.32 Å². The maximum absolute atomic E-state index is 12.5. The van der Waals surface area contributed by atoms with Crippen molar-refractivity contribution >= 4 is 39.5 Å². The summed E-state index contributed by atoms with van der Waals surface area (Å²) in [5, 5.41) is 4.60. The number of para-hydroxylation sites is 1. The molecule has 31 heavy (non-hydrogen) atoms. The van der Waals surface area contributed by atoms with Gasteiger partial charge >= 0.3 is 5.97 Å². The van der Waals surface area contributed by atoms with Crippen molar-refractivity contribution in [3.05, 3.63) is 70.8 Å². The quantitative estimate of drug-likeness (QED) is 0.445. The van der Waals surface area contributed by atoms with E-state index >= 15 is 0 Å². The third-order valence-corrected chi connectivity index (χ3v) is 5.19. The zero-order chi connectivity index (χ0) is 22.1. The van der Waals surface area contributed by atoms with Crippen molar-refractivity contribution in [2.24, 2.45) is 0 Å².